The molecule has 4 N–H and O–H groups in total. The highest BCUT2D eigenvalue weighted by Crippen LogP contribution is 2.36. The second-order valence-corrected chi connectivity index (χ2v) is 9.29. The number of aliphatic carboxylic acids is 1. The normalized spacial score (nSPS) is 18.6. The minimum Gasteiger partial charge on any atom is -0.480 e. The number of carbonyl (C=O) groups excluding carboxylic acids is 2. The number of amides is 2. The lowest BCUT2D eigenvalue weighted by Crippen LogP contribution is -2.51. The first kappa shape index (κ1) is 22.6. The second-order valence-electron chi connectivity index (χ2n) is 9.29. The third-order valence-electron chi connectivity index (χ3n) is 6.55. The molecule has 7 heteroatoms. The van der Waals surface area contributed by atoms with E-state index in [4.69, 9.17) is 0 Å². The van der Waals surface area contributed by atoms with Crippen LogP contribution in [0.4, 0.5) is 5.69 Å². The van der Waals surface area contributed by atoms with Crippen molar-refractivity contribution in [3.63, 3.8) is 0 Å². The molecule has 3 aromatic rings. The van der Waals surface area contributed by atoms with Crippen molar-refractivity contribution in [3.8, 4) is 0 Å². The number of carbonyl (C=O) groups is 3. The minimum absolute atomic E-state index is 0.149. The molecule has 1 heterocycles. The topological polar surface area (TPSA) is 111 Å². The van der Waals surface area contributed by atoms with Gasteiger partial charge in [-0.3, -0.25) is 9.59 Å². The lowest BCUT2D eigenvalue weighted by molar-refractivity contribution is -0.146. The molecule has 0 spiro atoms. The Hall–Kier alpha value is -3.61. The quantitative estimate of drug-likeness (QED) is 0.440. The third-order valence-corrected chi connectivity index (χ3v) is 6.55. The lowest BCUT2D eigenvalue weighted by Gasteiger charge is -2.30. The summed E-state index contributed by atoms with van der Waals surface area (Å²) in [5.74, 6) is -1.18. The molecule has 1 aliphatic rings. The van der Waals surface area contributed by atoms with E-state index in [1.54, 1.807) is 0 Å². The highest BCUT2D eigenvalue weighted by atomic mass is 16.4. The van der Waals surface area contributed by atoms with Gasteiger partial charge in [-0.05, 0) is 81.3 Å². The molecule has 4 rings (SSSR count). The van der Waals surface area contributed by atoms with Gasteiger partial charge in [-0.1, -0.05) is 18.2 Å². The number of nitrogens with one attached hydrogen (secondary N) is 3. The third kappa shape index (κ3) is 4.92. The van der Waals surface area contributed by atoms with Crippen LogP contribution < -0.4 is 10.6 Å². The summed E-state index contributed by atoms with van der Waals surface area (Å²) in [4.78, 5) is 39.6. The fourth-order valence-corrected chi connectivity index (χ4v) is 4.47. The molecular weight excluding hydrogens is 418 g/mol. The summed E-state index contributed by atoms with van der Waals surface area (Å²) in [6, 6.07) is 15.4. The molecule has 1 aromatic heterocycles. The fraction of sp³-hybridized carbons (Fsp3) is 0.346. The first-order valence-electron chi connectivity index (χ1n) is 11.3. The molecular formula is C26H29N3O4. The number of benzene rings is 2. The van der Waals surface area contributed by atoms with Gasteiger partial charge in [0.2, 0.25) is 5.91 Å². The Morgan fingerprint density at radius 3 is 2.33 bits per heavy atom. The molecule has 0 atom stereocenters. The Bertz CT molecular complexity index is 1170. The number of carboxylic acids is 1. The number of aromatic nitrogens is 1. The van der Waals surface area contributed by atoms with Gasteiger partial charge in [0.05, 0.1) is 0 Å². The number of hydrogen-bond donors (Lipinski definition) is 4. The molecule has 0 unspecified atom stereocenters. The Kier molecular flexibility index (Phi) is 6.22. The molecule has 7 nitrogen and oxygen atoms in total. The first-order chi connectivity index (χ1) is 15.7. The number of aromatic amines is 1. The van der Waals surface area contributed by atoms with Crippen LogP contribution in [-0.4, -0.2) is 33.4 Å². The van der Waals surface area contributed by atoms with E-state index in [0.717, 1.165) is 42.3 Å². The second kappa shape index (κ2) is 9.10. The van der Waals surface area contributed by atoms with Gasteiger partial charge in [0.25, 0.3) is 5.91 Å². The van der Waals surface area contributed by atoms with Gasteiger partial charge in [0.1, 0.15) is 5.54 Å². The van der Waals surface area contributed by atoms with E-state index >= 15 is 0 Å². The molecule has 0 saturated heterocycles. The van der Waals surface area contributed by atoms with Gasteiger partial charge in [0, 0.05) is 34.3 Å². The smallest absolute Gasteiger partial charge is 0.328 e. The SMILES string of the molecule is CC(C)(NC(=O)[C@H]1CC[C@H](c2ccc(NC(=O)c3cccc4[nH]ccc34)cc2)CC1)C(=O)O. The first-order valence-corrected chi connectivity index (χ1v) is 11.3. The van der Waals surface area contributed by atoms with Gasteiger partial charge in [0.15, 0.2) is 0 Å². The van der Waals surface area contributed by atoms with Crippen molar-refractivity contribution < 1.29 is 19.5 Å². The van der Waals surface area contributed by atoms with Crippen molar-refractivity contribution in [2.24, 2.45) is 5.92 Å². The van der Waals surface area contributed by atoms with Crippen LogP contribution >= 0.6 is 0 Å². The van der Waals surface area contributed by atoms with Crippen LogP contribution in [-0.2, 0) is 9.59 Å². The zero-order chi connectivity index (χ0) is 23.6. The predicted octanol–water partition coefficient (Wildman–Crippen LogP) is 4.67. The largest absolute Gasteiger partial charge is 0.480 e. The summed E-state index contributed by atoms with van der Waals surface area (Å²) in [6.45, 7) is 3.00. The van der Waals surface area contributed by atoms with Crippen LogP contribution in [0.3, 0.4) is 0 Å². The molecule has 0 aliphatic heterocycles. The van der Waals surface area contributed by atoms with E-state index in [1.165, 1.54) is 19.4 Å². The number of carboxylic acid groups (broad SMARTS) is 1. The van der Waals surface area contributed by atoms with E-state index in [1.807, 2.05) is 54.7 Å². The lowest BCUT2D eigenvalue weighted by atomic mass is 9.78. The minimum atomic E-state index is -1.26. The molecule has 2 aromatic carbocycles. The monoisotopic (exact) mass is 447 g/mol. The summed E-state index contributed by atoms with van der Waals surface area (Å²) in [5, 5.41) is 15.7. The summed E-state index contributed by atoms with van der Waals surface area (Å²) in [6.07, 6.45) is 5.01. The number of fused-ring (bicyclic) bond motifs is 1. The molecule has 172 valence electrons. The van der Waals surface area contributed by atoms with E-state index in [-0.39, 0.29) is 17.7 Å². The van der Waals surface area contributed by atoms with E-state index in [0.29, 0.717) is 11.5 Å². The fourth-order valence-electron chi connectivity index (χ4n) is 4.47. The summed E-state index contributed by atoms with van der Waals surface area (Å²) < 4.78 is 0. The molecule has 1 fully saturated rings. The van der Waals surface area contributed by atoms with Crippen LogP contribution in [0.2, 0.25) is 0 Å². The van der Waals surface area contributed by atoms with Crippen LogP contribution in [0.5, 0.6) is 0 Å². The molecule has 0 radical (unpaired) electrons. The van der Waals surface area contributed by atoms with Gasteiger partial charge >= 0.3 is 5.97 Å². The Balaban J connectivity index is 1.34. The van der Waals surface area contributed by atoms with Gasteiger partial charge < -0.3 is 20.7 Å². The van der Waals surface area contributed by atoms with E-state index in [2.05, 4.69) is 15.6 Å². The Morgan fingerprint density at radius 1 is 0.970 bits per heavy atom. The van der Waals surface area contributed by atoms with E-state index < -0.39 is 11.5 Å². The summed E-state index contributed by atoms with van der Waals surface area (Å²) in [7, 11) is 0. The van der Waals surface area contributed by atoms with Crippen molar-refractivity contribution in [1.82, 2.24) is 10.3 Å². The van der Waals surface area contributed by atoms with Gasteiger partial charge in [-0.15, -0.1) is 0 Å². The Morgan fingerprint density at radius 2 is 1.67 bits per heavy atom. The molecule has 2 amide bonds. The average molecular weight is 448 g/mol. The van der Waals surface area contributed by atoms with Gasteiger partial charge in [-0.25, -0.2) is 4.79 Å². The Labute approximate surface area is 192 Å². The number of hydrogen-bond acceptors (Lipinski definition) is 3. The van der Waals surface area contributed by atoms with Crippen molar-refractivity contribution in [2.45, 2.75) is 51.0 Å². The van der Waals surface area contributed by atoms with Crippen molar-refractivity contribution in [2.75, 3.05) is 5.32 Å². The molecule has 1 saturated carbocycles. The number of anilines is 1. The molecule has 33 heavy (non-hydrogen) atoms. The standard InChI is InChI=1S/C26H29N3O4/c1-26(2,25(32)33)29-23(30)18-8-6-16(7-9-18)17-10-12-19(13-11-17)28-24(31)21-4-3-5-22-20(21)14-15-27-22/h3-5,10-16,18,27H,6-9H2,1-2H3,(H,28,31)(H,29,30)(H,32,33)/t16-,18-. The zero-order valence-corrected chi connectivity index (χ0v) is 18.9. The highest BCUT2D eigenvalue weighted by Gasteiger charge is 2.33. The predicted molar refractivity (Wildman–Crippen MR) is 127 cm³/mol. The average Bonchev–Trinajstić information content (AvgIpc) is 3.28. The summed E-state index contributed by atoms with van der Waals surface area (Å²) in [5.41, 5.74) is 2.21. The maximum Gasteiger partial charge on any atom is 0.328 e. The van der Waals surface area contributed by atoms with Crippen LogP contribution in [0, 0.1) is 5.92 Å². The maximum absolute atomic E-state index is 12.8. The summed E-state index contributed by atoms with van der Waals surface area (Å²) >= 11 is 0. The number of rotatable bonds is 6. The van der Waals surface area contributed by atoms with Crippen molar-refractivity contribution in [1.29, 1.82) is 0 Å². The zero-order valence-electron chi connectivity index (χ0n) is 18.9. The van der Waals surface area contributed by atoms with Gasteiger partial charge in [-0.2, -0.15) is 0 Å². The van der Waals surface area contributed by atoms with Crippen molar-refractivity contribution >= 4 is 34.4 Å². The van der Waals surface area contributed by atoms with Crippen molar-refractivity contribution in [3.05, 3.63) is 65.9 Å². The number of H-pyrrole nitrogens is 1. The van der Waals surface area contributed by atoms with Crippen LogP contribution in [0.15, 0.2) is 54.7 Å². The highest BCUT2D eigenvalue weighted by molar-refractivity contribution is 6.12. The van der Waals surface area contributed by atoms with Crippen LogP contribution in [0.25, 0.3) is 10.9 Å². The molecule has 0 bridgehead atoms. The van der Waals surface area contributed by atoms with E-state index in [9.17, 15) is 19.5 Å². The maximum atomic E-state index is 12.8. The van der Waals surface area contributed by atoms with Crippen LogP contribution in [0.1, 0.15) is 61.4 Å². The molecule has 1 aliphatic carbocycles.